The van der Waals surface area contributed by atoms with Crippen LogP contribution >= 0.6 is 0 Å². The predicted molar refractivity (Wildman–Crippen MR) is 112 cm³/mol. The summed E-state index contributed by atoms with van der Waals surface area (Å²) in [6.45, 7) is 4.40. The van der Waals surface area contributed by atoms with Crippen molar-refractivity contribution in [2.45, 2.75) is 33.1 Å². The fraction of sp³-hybridized carbons (Fsp3) is 0.348. The molecule has 27 heavy (non-hydrogen) atoms. The number of aromatic nitrogens is 2. The Morgan fingerprint density at radius 3 is 2.56 bits per heavy atom. The van der Waals surface area contributed by atoms with Crippen molar-refractivity contribution < 1.29 is 9.47 Å². The largest absolute Gasteiger partial charge is 0.497 e. The number of hydrogen-bond acceptors (Lipinski definition) is 3. The van der Waals surface area contributed by atoms with E-state index >= 15 is 0 Å². The highest BCUT2D eigenvalue weighted by atomic mass is 16.5. The van der Waals surface area contributed by atoms with Crippen LogP contribution in [0.3, 0.4) is 0 Å². The lowest BCUT2D eigenvalue weighted by Crippen LogP contribution is -1.98. The van der Waals surface area contributed by atoms with Crippen molar-refractivity contribution >= 4 is 16.5 Å². The van der Waals surface area contributed by atoms with Crippen LogP contribution in [0.1, 0.15) is 38.8 Å². The Hall–Kier alpha value is -2.75. The quantitative estimate of drug-likeness (QED) is 0.527. The number of fused-ring (bicyclic) bond motifs is 1. The molecule has 0 aliphatic rings. The third-order valence-electron chi connectivity index (χ3n) is 4.84. The zero-order valence-electron chi connectivity index (χ0n) is 16.9. The van der Waals surface area contributed by atoms with Crippen molar-refractivity contribution in [3.63, 3.8) is 0 Å². The van der Waals surface area contributed by atoms with E-state index < -0.39 is 0 Å². The van der Waals surface area contributed by atoms with Gasteiger partial charge in [-0.2, -0.15) is 5.10 Å². The molecule has 0 unspecified atom stereocenters. The van der Waals surface area contributed by atoms with Crippen LogP contribution in [0.15, 0.2) is 42.5 Å². The number of rotatable bonds is 7. The summed E-state index contributed by atoms with van der Waals surface area (Å²) in [6.07, 6.45) is 5.51. The first-order valence-electron chi connectivity index (χ1n) is 9.52. The van der Waals surface area contributed by atoms with Crippen molar-refractivity contribution in [2.75, 3.05) is 14.2 Å². The maximum Gasteiger partial charge on any atom is 0.130 e. The molecule has 0 bridgehead atoms. The molecule has 0 aliphatic heterocycles. The van der Waals surface area contributed by atoms with E-state index in [-0.39, 0.29) is 0 Å². The second kappa shape index (κ2) is 8.30. The maximum atomic E-state index is 5.63. The number of ether oxygens (including phenoxy) is 2. The van der Waals surface area contributed by atoms with E-state index in [1.807, 2.05) is 29.9 Å². The molecular weight excluding hydrogens is 336 g/mol. The van der Waals surface area contributed by atoms with Gasteiger partial charge in [0.05, 0.1) is 19.9 Å². The lowest BCUT2D eigenvalue weighted by atomic mass is 9.98. The van der Waals surface area contributed by atoms with Crippen LogP contribution in [-0.4, -0.2) is 24.0 Å². The van der Waals surface area contributed by atoms with E-state index in [1.165, 1.54) is 16.7 Å². The minimum absolute atomic E-state index is 0.778. The highest BCUT2D eigenvalue weighted by Gasteiger charge is 2.18. The molecule has 0 amide bonds. The van der Waals surface area contributed by atoms with Gasteiger partial charge >= 0.3 is 0 Å². The highest BCUT2D eigenvalue weighted by molar-refractivity contribution is 6.00. The van der Waals surface area contributed by atoms with Gasteiger partial charge in [0.1, 0.15) is 17.0 Å². The Morgan fingerprint density at radius 2 is 1.89 bits per heavy atom. The number of aryl methyl sites for hydroxylation is 1. The van der Waals surface area contributed by atoms with E-state index in [9.17, 15) is 0 Å². The molecule has 0 spiro atoms. The Labute approximate surface area is 161 Å². The Kier molecular flexibility index (Phi) is 5.84. The number of allylic oxidation sites excluding steroid dienone is 2. The molecular formula is C23H28N2O2. The van der Waals surface area contributed by atoms with E-state index in [1.54, 1.807) is 14.2 Å². The molecule has 142 valence electrons. The van der Waals surface area contributed by atoms with Gasteiger partial charge in [0.2, 0.25) is 0 Å². The Morgan fingerprint density at radius 1 is 1.07 bits per heavy atom. The van der Waals surface area contributed by atoms with Crippen LogP contribution in [0.25, 0.3) is 27.6 Å². The summed E-state index contributed by atoms with van der Waals surface area (Å²) in [5, 5.41) is 6.06. The summed E-state index contributed by atoms with van der Waals surface area (Å²) in [7, 11) is 5.38. The van der Waals surface area contributed by atoms with E-state index in [0.29, 0.717) is 0 Å². The average molecular weight is 364 g/mol. The second-order valence-corrected chi connectivity index (χ2v) is 6.63. The van der Waals surface area contributed by atoms with Crippen molar-refractivity contribution in [1.29, 1.82) is 0 Å². The molecule has 1 heterocycles. The van der Waals surface area contributed by atoms with Gasteiger partial charge in [-0.25, -0.2) is 0 Å². The fourth-order valence-corrected chi connectivity index (χ4v) is 3.67. The lowest BCUT2D eigenvalue weighted by Gasteiger charge is -2.11. The minimum atomic E-state index is 0.778. The molecule has 0 fully saturated rings. The summed E-state index contributed by atoms with van der Waals surface area (Å²) in [4.78, 5) is 0. The highest BCUT2D eigenvalue weighted by Crippen LogP contribution is 2.38. The van der Waals surface area contributed by atoms with Crippen molar-refractivity contribution in [3.8, 4) is 22.6 Å². The molecule has 3 rings (SSSR count). The van der Waals surface area contributed by atoms with Gasteiger partial charge in [-0.1, -0.05) is 44.5 Å². The van der Waals surface area contributed by atoms with Crippen LogP contribution < -0.4 is 9.47 Å². The topological polar surface area (TPSA) is 36.3 Å². The number of benzene rings is 2. The van der Waals surface area contributed by atoms with Crippen LogP contribution in [0.4, 0.5) is 0 Å². The van der Waals surface area contributed by atoms with Crippen LogP contribution in [-0.2, 0) is 7.05 Å². The SMILES string of the molecule is CCC=C(CCC)c1c2cccc(-c3ccc(OC)cc3OC)c2nn1C. The molecule has 3 aromatic rings. The monoisotopic (exact) mass is 364 g/mol. The Bertz CT molecular complexity index is 970. The zero-order valence-corrected chi connectivity index (χ0v) is 16.9. The maximum absolute atomic E-state index is 5.63. The third-order valence-corrected chi connectivity index (χ3v) is 4.84. The molecule has 1 aromatic heterocycles. The van der Waals surface area contributed by atoms with E-state index in [2.05, 4.69) is 38.1 Å². The molecule has 4 heteroatoms. The van der Waals surface area contributed by atoms with Crippen LogP contribution in [0, 0.1) is 0 Å². The minimum Gasteiger partial charge on any atom is -0.497 e. The summed E-state index contributed by atoms with van der Waals surface area (Å²) in [5.41, 5.74) is 5.66. The standard InChI is InChI=1S/C23H28N2O2/c1-6-9-16(10-7-2)23-20-12-8-11-19(22(20)24-25(23)3)18-14-13-17(26-4)15-21(18)27-5/h8-9,11-15H,6-7,10H2,1-5H3. The summed E-state index contributed by atoms with van der Waals surface area (Å²) in [6, 6.07) is 12.3. The molecule has 0 aliphatic carbocycles. The van der Waals surface area contributed by atoms with Gasteiger partial charge in [0.15, 0.2) is 0 Å². The Balaban J connectivity index is 2.23. The molecule has 0 atom stereocenters. The van der Waals surface area contributed by atoms with E-state index in [4.69, 9.17) is 14.6 Å². The smallest absolute Gasteiger partial charge is 0.130 e. The van der Waals surface area contributed by atoms with Crippen molar-refractivity contribution in [2.24, 2.45) is 7.05 Å². The zero-order chi connectivity index (χ0) is 19.4. The summed E-state index contributed by atoms with van der Waals surface area (Å²) >= 11 is 0. The molecule has 0 radical (unpaired) electrons. The first-order valence-corrected chi connectivity index (χ1v) is 9.52. The summed E-state index contributed by atoms with van der Waals surface area (Å²) in [5.74, 6) is 1.56. The van der Waals surface area contributed by atoms with Crippen LogP contribution in [0.5, 0.6) is 11.5 Å². The predicted octanol–water partition coefficient (Wildman–Crippen LogP) is 5.85. The van der Waals surface area contributed by atoms with Gasteiger partial charge in [-0.15, -0.1) is 0 Å². The van der Waals surface area contributed by atoms with Crippen molar-refractivity contribution in [3.05, 3.63) is 48.2 Å². The molecule has 4 nitrogen and oxygen atoms in total. The average Bonchev–Trinajstić information content (AvgIpc) is 3.03. The van der Waals surface area contributed by atoms with Gasteiger partial charge in [-0.3, -0.25) is 4.68 Å². The third kappa shape index (κ3) is 3.57. The fourth-order valence-electron chi connectivity index (χ4n) is 3.67. The van der Waals surface area contributed by atoms with E-state index in [0.717, 1.165) is 47.4 Å². The molecule has 0 N–H and O–H groups in total. The van der Waals surface area contributed by atoms with Gasteiger partial charge < -0.3 is 9.47 Å². The van der Waals surface area contributed by atoms with Gasteiger partial charge in [-0.05, 0) is 30.5 Å². The normalized spacial score (nSPS) is 11.8. The lowest BCUT2D eigenvalue weighted by molar-refractivity contribution is 0.395. The van der Waals surface area contributed by atoms with Crippen molar-refractivity contribution in [1.82, 2.24) is 9.78 Å². The number of nitrogens with zero attached hydrogens (tertiary/aromatic N) is 2. The van der Waals surface area contributed by atoms with Crippen LogP contribution in [0.2, 0.25) is 0 Å². The van der Waals surface area contributed by atoms with Gasteiger partial charge in [0.25, 0.3) is 0 Å². The molecule has 0 saturated heterocycles. The first kappa shape index (κ1) is 19.0. The number of methoxy groups -OCH3 is 2. The summed E-state index contributed by atoms with van der Waals surface area (Å²) < 4.78 is 13.0. The first-order chi connectivity index (χ1) is 13.1. The van der Waals surface area contributed by atoms with Gasteiger partial charge in [0, 0.05) is 29.6 Å². The molecule has 2 aromatic carbocycles. The number of hydrogen-bond donors (Lipinski definition) is 0. The second-order valence-electron chi connectivity index (χ2n) is 6.63. The molecule has 0 saturated carbocycles.